The van der Waals surface area contributed by atoms with Crippen LogP contribution in [0.5, 0.6) is 0 Å². The zero-order valence-electron chi connectivity index (χ0n) is 7.54. The molecule has 70 valence electrons. The standard InChI is InChI=1S/C10H18O2/c11-6-4-9(8-2-1-3-8)10-5-7-12-10/h8-11H,1-7H2. The third-order valence-electron chi connectivity index (χ3n) is 3.43. The molecule has 2 rings (SSSR count). The van der Waals surface area contributed by atoms with Crippen LogP contribution >= 0.6 is 0 Å². The summed E-state index contributed by atoms with van der Waals surface area (Å²) in [6.45, 7) is 1.28. The van der Waals surface area contributed by atoms with Crippen LogP contribution in [0.3, 0.4) is 0 Å². The second-order valence-corrected chi connectivity index (χ2v) is 4.07. The molecule has 1 heterocycles. The van der Waals surface area contributed by atoms with Gasteiger partial charge in [0.1, 0.15) is 0 Å². The van der Waals surface area contributed by atoms with Gasteiger partial charge in [0, 0.05) is 13.2 Å². The normalized spacial score (nSPS) is 32.2. The largest absolute Gasteiger partial charge is 0.396 e. The van der Waals surface area contributed by atoms with Crippen molar-refractivity contribution < 1.29 is 9.84 Å². The van der Waals surface area contributed by atoms with Gasteiger partial charge >= 0.3 is 0 Å². The molecule has 2 unspecified atom stereocenters. The van der Waals surface area contributed by atoms with Crippen molar-refractivity contribution in [1.82, 2.24) is 0 Å². The maximum Gasteiger partial charge on any atom is 0.0628 e. The van der Waals surface area contributed by atoms with Crippen LogP contribution in [0, 0.1) is 11.8 Å². The number of hydrogen-bond donors (Lipinski definition) is 1. The Labute approximate surface area is 73.9 Å². The second-order valence-electron chi connectivity index (χ2n) is 4.07. The molecule has 0 spiro atoms. The van der Waals surface area contributed by atoms with Gasteiger partial charge in [-0.3, -0.25) is 0 Å². The summed E-state index contributed by atoms with van der Waals surface area (Å²) in [4.78, 5) is 0. The number of aliphatic hydroxyl groups excluding tert-OH is 1. The molecule has 1 saturated carbocycles. The summed E-state index contributed by atoms with van der Waals surface area (Å²) in [7, 11) is 0. The summed E-state index contributed by atoms with van der Waals surface area (Å²) in [5.41, 5.74) is 0. The van der Waals surface area contributed by atoms with E-state index in [2.05, 4.69) is 0 Å². The zero-order chi connectivity index (χ0) is 8.39. The van der Waals surface area contributed by atoms with E-state index in [9.17, 15) is 0 Å². The average molecular weight is 170 g/mol. The third-order valence-corrected chi connectivity index (χ3v) is 3.43. The molecule has 2 atom stereocenters. The molecular formula is C10H18O2. The topological polar surface area (TPSA) is 29.5 Å². The molecule has 0 amide bonds. The van der Waals surface area contributed by atoms with Crippen LogP contribution in [0.15, 0.2) is 0 Å². The van der Waals surface area contributed by atoms with E-state index >= 15 is 0 Å². The Bertz CT molecular complexity index is 125. The minimum Gasteiger partial charge on any atom is -0.396 e. The van der Waals surface area contributed by atoms with Gasteiger partial charge in [0.15, 0.2) is 0 Å². The highest BCUT2D eigenvalue weighted by Crippen LogP contribution is 2.40. The Morgan fingerprint density at radius 2 is 2.08 bits per heavy atom. The summed E-state index contributed by atoms with van der Waals surface area (Å²) in [5.74, 6) is 1.53. The first-order valence-electron chi connectivity index (χ1n) is 5.14. The van der Waals surface area contributed by atoms with E-state index in [1.54, 1.807) is 0 Å². The second kappa shape index (κ2) is 3.75. The van der Waals surface area contributed by atoms with E-state index in [1.807, 2.05) is 0 Å². The van der Waals surface area contributed by atoms with E-state index in [1.165, 1.54) is 25.7 Å². The SMILES string of the molecule is OCCC(C1CCC1)C1CCO1. The number of hydrogen-bond acceptors (Lipinski definition) is 2. The fourth-order valence-corrected chi connectivity index (χ4v) is 2.33. The lowest BCUT2D eigenvalue weighted by Gasteiger charge is -2.42. The van der Waals surface area contributed by atoms with Crippen LogP contribution < -0.4 is 0 Å². The maximum atomic E-state index is 8.92. The van der Waals surface area contributed by atoms with Gasteiger partial charge in [0.25, 0.3) is 0 Å². The number of rotatable bonds is 4. The maximum absolute atomic E-state index is 8.92. The molecule has 2 nitrogen and oxygen atoms in total. The minimum atomic E-state index is 0.334. The molecule has 0 aromatic heterocycles. The van der Waals surface area contributed by atoms with E-state index in [0.717, 1.165) is 18.9 Å². The molecule has 0 radical (unpaired) electrons. The van der Waals surface area contributed by atoms with Gasteiger partial charge in [0.05, 0.1) is 6.10 Å². The molecule has 1 aliphatic heterocycles. The molecule has 0 bridgehead atoms. The van der Waals surface area contributed by atoms with Crippen molar-refractivity contribution >= 4 is 0 Å². The number of ether oxygens (including phenoxy) is 1. The lowest BCUT2D eigenvalue weighted by atomic mass is 9.71. The van der Waals surface area contributed by atoms with Gasteiger partial charge in [-0.25, -0.2) is 0 Å². The average Bonchev–Trinajstić information content (AvgIpc) is 1.79. The molecule has 12 heavy (non-hydrogen) atoms. The molecule has 2 heteroatoms. The Morgan fingerprint density at radius 3 is 2.42 bits per heavy atom. The Balaban J connectivity index is 1.82. The molecule has 1 saturated heterocycles. The highest BCUT2D eigenvalue weighted by Gasteiger charge is 2.36. The molecule has 1 N–H and O–H groups in total. The summed E-state index contributed by atoms with van der Waals surface area (Å²) in [6.07, 6.45) is 6.78. The van der Waals surface area contributed by atoms with Gasteiger partial charge in [-0.05, 0) is 24.7 Å². The van der Waals surface area contributed by atoms with Gasteiger partial charge in [0.2, 0.25) is 0 Å². The fourth-order valence-electron chi connectivity index (χ4n) is 2.33. The van der Waals surface area contributed by atoms with E-state index in [0.29, 0.717) is 18.6 Å². The molecule has 0 aromatic carbocycles. The first-order valence-corrected chi connectivity index (χ1v) is 5.14. The predicted molar refractivity (Wildman–Crippen MR) is 46.9 cm³/mol. The smallest absolute Gasteiger partial charge is 0.0628 e. The lowest BCUT2D eigenvalue weighted by Crippen LogP contribution is -2.41. The Hall–Kier alpha value is -0.0800. The Kier molecular flexibility index (Phi) is 2.66. The molecule has 2 fully saturated rings. The van der Waals surface area contributed by atoms with Crippen LogP contribution in [-0.2, 0) is 4.74 Å². The highest BCUT2D eigenvalue weighted by molar-refractivity contribution is 4.85. The zero-order valence-corrected chi connectivity index (χ0v) is 7.54. The van der Waals surface area contributed by atoms with Crippen LogP contribution in [-0.4, -0.2) is 24.4 Å². The first-order chi connectivity index (χ1) is 5.92. The quantitative estimate of drug-likeness (QED) is 0.694. The van der Waals surface area contributed by atoms with Crippen molar-refractivity contribution in [3.63, 3.8) is 0 Å². The molecule has 2 aliphatic rings. The van der Waals surface area contributed by atoms with Crippen molar-refractivity contribution in [2.45, 2.75) is 38.2 Å². The van der Waals surface area contributed by atoms with Gasteiger partial charge in [-0.15, -0.1) is 0 Å². The van der Waals surface area contributed by atoms with Crippen LogP contribution in [0.2, 0.25) is 0 Å². The van der Waals surface area contributed by atoms with E-state index in [4.69, 9.17) is 9.84 Å². The van der Waals surface area contributed by atoms with Crippen LogP contribution in [0.4, 0.5) is 0 Å². The predicted octanol–water partition coefficient (Wildman–Crippen LogP) is 1.57. The van der Waals surface area contributed by atoms with Crippen molar-refractivity contribution in [3.8, 4) is 0 Å². The van der Waals surface area contributed by atoms with E-state index in [-0.39, 0.29) is 0 Å². The Morgan fingerprint density at radius 1 is 1.33 bits per heavy atom. The molecular weight excluding hydrogens is 152 g/mol. The van der Waals surface area contributed by atoms with Crippen molar-refractivity contribution in [2.24, 2.45) is 11.8 Å². The monoisotopic (exact) mass is 170 g/mol. The molecule has 1 aliphatic carbocycles. The van der Waals surface area contributed by atoms with E-state index < -0.39 is 0 Å². The van der Waals surface area contributed by atoms with Crippen LogP contribution in [0.25, 0.3) is 0 Å². The van der Waals surface area contributed by atoms with Gasteiger partial charge in [-0.1, -0.05) is 19.3 Å². The fraction of sp³-hybridized carbons (Fsp3) is 1.00. The lowest BCUT2D eigenvalue weighted by molar-refractivity contribution is -0.111. The summed E-state index contributed by atoms with van der Waals surface area (Å²) >= 11 is 0. The van der Waals surface area contributed by atoms with Crippen LogP contribution in [0.1, 0.15) is 32.1 Å². The summed E-state index contributed by atoms with van der Waals surface area (Å²) < 4.78 is 5.49. The summed E-state index contributed by atoms with van der Waals surface area (Å²) in [5, 5.41) is 8.92. The number of aliphatic hydroxyl groups is 1. The summed E-state index contributed by atoms with van der Waals surface area (Å²) in [6, 6.07) is 0. The first kappa shape index (κ1) is 8.52. The van der Waals surface area contributed by atoms with Crippen molar-refractivity contribution in [3.05, 3.63) is 0 Å². The van der Waals surface area contributed by atoms with Gasteiger partial charge < -0.3 is 9.84 Å². The van der Waals surface area contributed by atoms with Crippen molar-refractivity contribution in [2.75, 3.05) is 13.2 Å². The molecule has 0 aromatic rings. The van der Waals surface area contributed by atoms with Gasteiger partial charge in [-0.2, -0.15) is 0 Å². The minimum absolute atomic E-state index is 0.334. The van der Waals surface area contributed by atoms with Crippen molar-refractivity contribution in [1.29, 1.82) is 0 Å². The third kappa shape index (κ3) is 1.50. The highest BCUT2D eigenvalue weighted by atomic mass is 16.5.